The van der Waals surface area contributed by atoms with E-state index in [2.05, 4.69) is 20.4 Å². The maximum Gasteiger partial charge on any atom is 0.207 e. The quantitative estimate of drug-likeness (QED) is 0.575. The van der Waals surface area contributed by atoms with Crippen molar-refractivity contribution in [3.63, 3.8) is 0 Å². The molecular formula is C21H22N4O4. The van der Waals surface area contributed by atoms with Crippen LogP contribution in [0, 0.1) is 0 Å². The van der Waals surface area contributed by atoms with E-state index in [9.17, 15) is 0 Å². The normalized spacial score (nSPS) is 16.6. The van der Waals surface area contributed by atoms with E-state index in [0.717, 1.165) is 0 Å². The van der Waals surface area contributed by atoms with Crippen molar-refractivity contribution >= 4 is 0 Å². The Bertz CT molecular complexity index is 886. The standard InChI is InChI=1S/C21H22N4O4/c1-21(2)28-13-11-26-17-9-5-3-7-15(17)19-22-24-20(25-23-19)16-8-4-6-10-18(16)27-12-14-29-21/h3-10H,11-14H2,1-2H3. The van der Waals surface area contributed by atoms with Gasteiger partial charge in [-0.15, -0.1) is 20.4 Å². The highest BCUT2D eigenvalue weighted by molar-refractivity contribution is 5.65. The van der Waals surface area contributed by atoms with Gasteiger partial charge in [0.05, 0.1) is 24.3 Å². The zero-order valence-electron chi connectivity index (χ0n) is 16.4. The topological polar surface area (TPSA) is 88.5 Å². The van der Waals surface area contributed by atoms with Crippen molar-refractivity contribution in [2.24, 2.45) is 0 Å². The van der Waals surface area contributed by atoms with E-state index < -0.39 is 5.79 Å². The van der Waals surface area contributed by atoms with E-state index in [4.69, 9.17) is 18.9 Å². The third-order valence-corrected chi connectivity index (χ3v) is 4.32. The molecule has 0 saturated heterocycles. The zero-order valence-corrected chi connectivity index (χ0v) is 16.4. The number of nitrogens with zero attached hydrogens (tertiary/aromatic N) is 4. The number of aromatic nitrogens is 4. The van der Waals surface area contributed by atoms with Gasteiger partial charge in [0.15, 0.2) is 5.79 Å². The molecule has 0 saturated carbocycles. The van der Waals surface area contributed by atoms with E-state index in [0.29, 0.717) is 60.7 Å². The molecule has 2 aromatic carbocycles. The fourth-order valence-electron chi connectivity index (χ4n) is 2.92. The van der Waals surface area contributed by atoms with Crippen molar-refractivity contribution in [3.8, 4) is 34.3 Å². The van der Waals surface area contributed by atoms with Gasteiger partial charge in [-0.25, -0.2) is 0 Å². The minimum absolute atomic E-state index is 0.352. The van der Waals surface area contributed by atoms with Crippen molar-refractivity contribution in [3.05, 3.63) is 48.5 Å². The number of benzene rings is 2. The van der Waals surface area contributed by atoms with Crippen molar-refractivity contribution in [1.29, 1.82) is 0 Å². The molecule has 8 heteroatoms. The van der Waals surface area contributed by atoms with Crippen LogP contribution in [0.1, 0.15) is 13.8 Å². The molecule has 2 aliphatic rings. The van der Waals surface area contributed by atoms with Gasteiger partial charge in [-0.2, -0.15) is 0 Å². The summed E-state index contributed by atoms with van der Waals surface area (Å²) in [6, 6.07) is 15.0. The van der Waals surface area contributed by atoms with Gasteiger partial charge in [-0.3, -0.25) is 0 Å². The monoisotopic (exact) mass is 394 g/mol. The molecule has 0 fully saturated rings. The van der Waals surface area contributed by atoms with Crippen LogP contribution in [0.25, 0.3) is 22.8 Å². The Morgan fingerprint density at radius 2 is 1.03 bits per heavy atom. The van der Waals surface area contributed by atoms with Crippen LogP contribution in [0.4, 0.5) is 0 Å². The van der Waals surface area contributed by atoms with E-state index in [1.165, 1.54) is 0 Å². The average molecular weight is 394 g/mol. The molecule has 29 heavy (non-hydrogen) atoms. The molecule has 0 amide bonds. The van der Waals surface area contributed by atoms with Crippen LogP contribution in [0.3, 0.4) is 0 Å². The Morgan fingerprint density at radius 1 is 0.621 bits per heavy atom. The molecule has 150 valence electrons. The lowest BCUT2D eigenvalue weighted by Gasteiger charge is -2.26. The second-order valence-corrected chi connectivity index (χ2v) is 6.83. The summed E-state index contributed by atoms with van der Waals surface area (Å²) < 4.78 is 23.4. The SMILES string of the molecule is CC1(C)OCCOc2ccccc2-c2nnc(nn2)-c2ccccc2OCCO1. The van der Waals surface area contributed by atoms with Crippen molar-refractivity contribution in [2.75, 3.05) is 26.4 Å². The Hall–Kier alpha value is -3.10. The van der Waals surface area contributed by atoms with Gasteiger partial charge in [-0.1, -0.05) is 24.3 Å². The van der Waals surface area contributed by atoms with Crippen molar-refractivity contribution in [1.82, 2.24) is 20.4 Å². The van der Waals surface area contributed by atoms with E-state index in [1.54, 1.807) is 0 Å². The molecule has 0 N–H and O–H groups in total. The second kappa shape index (κ2) is 8.50. The van der Waals surface area contributed by atoms with Crippen LogP contribution in [0.15, 0.2) is 48.5 Å². The predicted octanol–water partition coefficient (Wildman–Crippen LogP) is 3.14. The van der Waals surface area contributed by atoms with Gasteiger partial charge in [0, 0.05) is 0 Å². The summed E-state index contributed by atoms with van der Waals surface area (Å²) in [4.78, 5) is 0. The molecule has 0 unspecified atom stereocenters. The molecule has 3 aromatic rings. The minimum Gasteiger partial charge on any atom is -0.490 e. The second-order valence-electron chi connectivity index (χ2n) is 6.83. The molecule has 2 bridgehead atoms. The van der Waals surface area contributed by atoms with E-state index >= 15 is 0 Å². The first-order valence-corrected chi connectivity index (χ1v) is 9.42. The molecule has 0 spiro atoms. The molecule has 0 radical (unpaired) electrons. The molecule has 2 aliphatic heterocycles. The number of ether oxygens (including phenoxy) is 4. The highest BCUT2D eigenvalue weighted by Crippen LogP contribution is 2.29. The van der Waals surface area contributed by atoms with Crippen LogP contribution >= 0.6 is 0 Å². The molecule has 8 nitrogen and oxygen atoms in total. The summed E-state index contributed by atoms with van der Waals surface area (Å²) in [6.07, 6.45) is 0. The van der Waals surface area contributed by atoms with Crippen molar-refractivity contribution in [2.45, 2.75) is 19.6 Å². The number of hydrogen-bond acceptors (Lipinski definition) is 8. The first-order chi connectivity index (χ1) is 14.1. The van der Waals surface area contributed by atoms with Crippen molar-refractivity contribution < 1.29 is 18.9 Å². The van der Waals surface area contributed by atoms with Crippen LogP contribution in [-0.4, -0.2) is 52.6 Å². The summed E-state index contributed by atoms with van der Waals surface area (Å²) in [7, 11) is 0. The van der Waals surface area contributed by atoms with Crippen LogP contribution in [0.2, 0.25) is 0 Å². The third-order valence-electron chi connectivity index (χ3n) is 4.32. The average Bonchev–Trinajstić information content (AvgIpc) is 2.75. The van der Waals surface area contributed by atoms with Crippen LogP contribution in [0.5, 0.6) is 11.5 Å². The molecule has 3 heterocycles. The highest BCUT2D eigenvalue weighted by atomic mass is 16.7. The summed E-state index contributed by atoms with van der Waals surface area (Å²) in [5, 5.41) is 17.0. The number of fused-ring (bicyclic) bond motifs is 10. The zero-order chi connectivity index (χ0) is 20.1. The predicted molar refractivity (Wildman–Crippen MR) is 105 cm³/mol. The summed E-state index contributed by atoms with van der Waals surface area (Å²) >= 11 is 0. The maximum absolute atomic E-state index is 5.88. The van der Waals surface area contributed by atoms with Crippen LogP contribution in [-0.2, 0) is 9.47 Å². The minimum atomic E-state index is -0.752. The number of para-hydroxylation sites is 2. The molecular weight excluding hydrogens is 372 g/mol. The summed E-state index contributed by atoms with van der Waals surface area (Å²) in [6.45, 7) is 5.16. The highest BCUT2D eigenvalue weighted by Gasteiger charge is 2.20. The van der Waals surface area contributed by atoms with Crippen LogP contribution < -0.4 is 9.47 Å². The lowest BCUT2D eigenvalue weighted by atomic mass is 10.2. The van der Waals surface area contributed by atoms with E-state index in [1.807, 2.05) is 62.4 Å². The van der Waals surface area contributed by atoms with Gasteiger partial charge in [0.1, 0.15) is 24.7 Å². The number of hydrogen-bond donors (Lipinski definition) is 0. The van der Waals surface area contributed by atoms with E-state index in [-0.39, 0.29) is 0 Å². The molecule has 5 rings (SSSR count). The van der Waals surface area contributed by atoms with Gasteiger partial charge in [0.2, 0.25) is 11.6 Å². The fourth-order valence-corrected chi connectivity index (χ4v) is 2.92. The van der Waals surface area contributed by atoms with Gasteiger partial charge in [-0.05, 0) is 38.1 Å². The first-order valence-electron chi connectivity index (χ1n) is 9.42. The Balaban J connectivity index is 1.69. The Kier molecular flexibility index (Phi) is 5.64. The third kappa shape index (κ3) is 4.67. The largest absolute Gasteiger partial charge is 0.490 e. The summed E-state index contributed by atoms with van der Waals surface area (Å²) in [5.74, 6) is 1.30. The Morgan fingerprint density at radius 3 is 1.48 bits per heavy atom. The first kappa shape index (κ1) is 19.2. The lowest BCUT2D eigenvalue weighted by Crippen LogP contribution is -2.32. The van der Waals surface area contributed by atoms with Gasteiger partial charge in [0.25, 0.3) is 0 Å². The lowest BCUT2D eigenvalue weighted by molar-refractivity contribution is -0.218. The Labute approximate surface area is 168 Å². The molecule has 1 aromatic heterocycles. The van der Waals surface area contributed by atoms with Gasteiger partial charge < -0.3 is 18.9 Å². The number of rotatable bonds is 0. The molecule has 0 aliphatic carbocycles. The van der Waals surface area contributed by atoms with Gasteiger partial charge >= 0.3 is 0 Å². The smallest absolute Gasteiger partial charge is 0.207 e. The maximum atomic E-state index is 5.88. The fraction of sp³-hybridized carbons (Fsp3) is 0.333. The molecule has 0 atom stereocenters. The summed E-state index contributed by atoms with van der Waals surface area (Å²) in [5.41, 5.74) is 1.42.